The normalized spacial score (nSPS) is 30.5. The Bertz CT molecular complexity index is 340. The molecule has 1 heterocycles. The summed E-state index contributed by atoms with van der Waals surface area (Å²) in [5.41, 5.74) is 6.71. The number of rotatable bonds is 2. The van der Waals surface area contributed by atoms with Crippen LogP contribution >= 0.6 is 23.1 Å². The molecular weight excluding hydrogens is 246 g/mol. The van der Waals surface area contributed by atoms with Crippen LogP contribution in [0.15, 0.2) is 21.7 Å². The molecule has 0 aromatic carbocycles. The molecule has 2 N–H and O–H groups in total. The van der Waals surface area contributed by atoms with E-state index >= 15 is 0 Å². The summed E-state index contributed by atoms with van der Waals surface area (Å²) in [6.45, 7) is 7.09. The van der Waals surface area contributed by atoms with Gasteiger partial charge >= 0.3 is 0 Å². The zero-order valence-corrected chi connectivity index (χ0v) is 12.6. The highest BCUT2D eigenvalue weighted by atomic mass is 32.2. The number of hydrogen-bond acceptors (Lipinski definition) is 3. The molecular formula is C14H23NS2. The van der Waals surface area contributed by atoms with Gasteiger partial charge in [0.15, 0.2) is 0 Å². The van der Waals surface area contributed by atoms with Gasteiger partial charge in [0.1, 0.15) is 0 Å². The van der Waals surface area contributed by atoms with Gasteiger partial charge in [0.05, 0.1) is 4.21 Å². The second-order valence-corrected chi connectivity index (χ2v) is 8.62. The van der Waals surface area contributed by atoms with Crippen LogP contribution in [0.4, 0.5) is 0 Å². The van der Waals surface area contributed by atoms with Gasteiger partial charge in [0.2, 0.25) is 0 Å². The number of nitrogens with two attached hydrogens (primary N) is 1. The molecule has 17 heavy (non-hydrogen) atoms. The topological polar surface area (TPSA) is 26.0 Å². The highest BCUT2D eigenvalue weighted by Gasteiger charge is 2.34. The third-order valence-electron chi connectivity index (χ3n) is 3.83. The molecule has 0 amide bonds. The number of hydrogen-bond donors (Lipinski definition) is 1. The van der Waals surface area contributed by atoms with Crippen molar-refractivity contribution in [3.8, 4) is 0 Å². The van der Waals surface area contributed by atoms with Crippen molar-refractivity contribution >= 4 is 23.1 Å². The van der Waals surface area contributed by atoms with Crippen molar-refractivity contribution in [2.45, 2.75) is 55.5 Å². The molecule has 0 saturated heterocycles. The zero-order valence-electron chi connectivity index (χ0n) is 11.0. The van der Waals surface area contributed by atoms with E-state index in [1.807, 2.05) is 23.1 Å². The summed E-state index contributed by atoms with van der Waals surface area (Å²) < 4.78 is 1.42. The van der Waals surface area contributed by atoms with E-state index in [9.17, 15) is 0 Å². The third-order valence-corrected chi connectivity index (χ3v) is 6.28. The Balaban J connectivity index is 2.00. The van der Waals surface area contributed by atoms with E-state index in [0.29, 0.717) is 16.7 Å². The number of thioether (sulfide) groups is 1. The average molecular weight is 269 g/mol. The van der Waals surface area contributed by atoms with E-state index < -0.39 is 0 Å². The highest BCUT2D eigenvalue weighted by molar-refractivity contribution is 8.01. The van der Waals surface area contributed by atoms with Gasteiger partial charge in [-0.3, -0.25) is 0 Å². The molecule has 1 fully saturated rings. The molecule has 1 aromatic heterocycles. The zero-order chi connectivity index (χ0) is 12.5. The maximum Gasteiger partial charge on any atom is 0.0601 e. The Hall–Kier alpha value is 0.01000. The van der Waals surface area contributed by atoms with Gasteiger partial charge in [-0.15, -0.1) is 23.1 Å². The minimum Gasteiger partial charge on any atom is -0.327 e. The van der Waals surface area contributed by atoms with Gasteiger partial charge < -0.3 is 5.73 Å². The van der Waals surface area contributed by atoms with Crippen LogP contribution in [0.2, 0.25) is 0 Å². The Morgan fingerprint density at radius 2 is 2.12 bits per heavy atom. The smallest absolute Gasteiger partial charge is 0.0601 e. The largest absolute Gasteiger partial charge is 0.327 e. The van der Waals surface area contributed by atoms with Crippen LogP contribution in [-0.2, 0) is 0 Å². The predicted octanol–water partition coefficient (Wildman–Crippen LogP) is 4.38. The van der Waals surface area contributed by atoms with Crippen molar-refractivity contribution in [1.82, 2.24) is 0 Å². The van der Waals surface area contributed by atoms with Crippen molar-refractivity contribution in [3.63, 3.8) is 0 Å². The van der Waals surface area contributed by atoms with Crippen LogP contribution in [0.1, 0.15) is 40.0 Å². The van der Waals surface area contributed by atoms with E-state index in [1.54, 1.807) is 0 Å². The van der Waals surface area contributed by atoms with Crippen LogP contribution in [0.5, 0.6) is 0 Å². The van der Waals surface area contributed by atoms with Crippen molar-refractivity contribution in [3.05, 3.63) is 17.5 Å². The summed E-state index contributed by atoms with van der Waals surface area (Å²) in [5, 5.41) is 2.75. The van der Waals surface area contributed by atoms with Crippen molar-refractivity contribution in [2.75, 3.05) is 0 Å². The lowest BCUT2D eigenvalue weighted by Gasteiger charge is -2.40. The van der Waals surface area contributed by atoms with E-state index in [2.05, 4.69) is 38.3 Å². The lowest BCUT2D eigenvalue weighted by atomic mass is 9.71. The van der Waals surface area contributed by atoms with Gasteiger partial charge in [-0.2, -0.15) is 0 Å². The fourth-order valence-corrected chi connectivity index (χ4v) is 4.86. The van der Waals surface area contributed by atoms with Crippen LogP contribution in [0, 0.1) is 11.3 Å². The fraction of sp³-hybridized carbons (Fsp3) is 0.714. The van der Waals surface area contributed by atoms with E-state index in [-0.39, 0.29) is 0 Å². The standard InChI is InChI=1S/C14H23NS2/c1-14(2,3)10-6-7-11(15)12(9-10)17-13-5-4-8-16-13/h4-5,8,10-12H,6-7,9,15H2,1-3H3. The van der Waals surface area contributed by atoms with Crippen LogP contribution < -0.4 is 5.73 Å². The third kappa shape index (κ3) is 3.49. The van der Waals surface area contributed by atoms with Gasteiger partial charge in [-0.05, 0) is 42.0 Å². The molecule has 1 aliphatic carbocycles. The predicted molar refractivity (Wildman–Crippen MR) is 78.7 cm³/mol. The molecule has 1 aromatic rings. The molecule has 1 aliphatic rings. The van der Waals surface area contributed by atoms with Crippen molar-refractivity contribution in [1.29, 1.82) is 0 Å². The summed E-state index contributed by atoms with van der Waals surface area (Å²) in [5.74, 6) is 0.819. The van der Waals surface area contributed by atoms with Crippen LogP contribution in [0.3, 0.4) is 0 Å². The van der Waals surface area contributed by atoms with Gasteiger partial charge in [0, 0.05) is 11.3 Å². The molecule has 0 bridgehead atoms. The Kier molecular flexibility index (Phi) is 4.22. The molecule has 1 nitrogen and oxygen atoms in total. The summed E-state index contributed by atoms with van der Waals surface area (Å²) in [6, 6.07) is 4.71. The van der Waals surface area contributed by atoms with Crippen molar-refractivity contribution in [2.24, 2.45) is 17.1 Å². The molecule has 0 spiro atoms. The SMILES string of the molecule is CC(C)(C)C1CCC(N)C(Sc2cccs2)C1. The Morgan fingerprint density at radius 3 is 2.71 bits per heavy atom. The monoisotopic (exact) mass is 269 g/mol. The van der Waals surface area contributed by atoms with Crippen LogP contribution in [-0.4, -0.2) is 11.3 Å². The first-order valence-corrected chi connectivity index (χ1v) is 8.18. The highest BCUT2D eigenvalue weighted by Crippen LogP contribution is 2.43. The average Bonchev–Trinajstić information content (AvgIpc) is 2.72. The lowest BCUT2D eigenvalue weighted by molar-refractivity contribution is 0.174. The maximum absolute atomic E-state index is 6.28. The molecule has 3 unspecified atom stereocenters. The molecule has 96 valence electrons. The Labute approximate surface area is 113 Å². The molecule has 3 heteroatoms. The van der Waals surface area contributed by atoms with Crippen LogP contribution in [0.25, 0.3) is 0 Å². The summed E-state index contributed by atoms with van der Waals surface area (Å²) in [7, 11) is 0. The lowest BCUT2D eigenvalue weighted by Crippen LogP contribution is -2.41. The number of thiophene rings is 1. The second-order valence-electron chi connectivity index (χ2n) is 6.13. The minimum absolute atomic E-state index is 0.376. The quantitative estimate of drug-likeness (QED) is 0.862. The maximum atomic E-state index is 6.28. The van der Waals surface area contributed by atoms with Gasteiger partial charge in [-0.25, -0.2) is 0 Å². The van der Waals surface area contributed by atoms with Crippen molar-refractivity contribution < 1.29 is 0 Å². The first kappa shape index (κ1) is 13.4. The van der Waals surface area contributed by atoms with E-state index in [1.165, 1.54) is 23.5 Å². The minimum atomic E-state index is 0.376. The molecule has 0 radical (unpaired) electrons. The Morgan fingerprint density at radius 1 is 1.35 bits per heavy atom. The molecule has 1 saturated carbocycles. The molecule has 2 rings (SSSR count). The molecule has 3 atom stereocenters. The summed E-state index contributed by atoms with van der Waals surface area (Å²) in [6.07, 6.45) is 3.75. The fourth-order valence-electron chi connectivity index (χ4n) is 2.55. The molecule has 0 aliphatic heterocycles. The second kappa shape index (κ2) is 5.33. The van der Waals surface area contributed by atoms with E-state index in [0.717, 1.165) is 5.92 Å². The first-order valence-electron chi connectivity index (χ1n) is 6.42. The first-order chi connectivity index (χ1) is 7.97. The van der Waals surface area contributed by atoms with Gasteiger partial charge in [0.25, 0.3) is 0 Å². The summed E-state index contributed by atoms with van der Waals surface area (Å²) >= 11 is 3.83. The van der Waals surface area contributed by atoms with Gasteiger partial charge in [-0.1, -0.05) is 26.8 Å². The summed E-state index contributed by atoms with van der Waals surface area (Å²) in [4.78, 5) is 0. The van der Waals surface area contributed by atoms with E-state index in [4.69, 9.17) is 5.73 Å².